The highest BCUT2D eigenvalue weighted by molar-refractivity contribution is 6.38. The minimum Gasteiger partial charge on any atom is -0.507 e. The van der Waals surface area contributed by atoms with Crippen LogP contribution in [0.5, 0.6) is 0 Å². The van der Waals surface area contributed by atoms with Gasteiger partial charge in [-0.05, 0) is 29.8 Å². The van der Waals surface area contributed by atoms with E-state index in [-0.39, 0.29) is 22.5 Å². The van der Waals surface area contributed by atoms with Crippen LogP contribution < -0.4 is 5.43 Å². The van der Waals surface area contributed by atoms with E-state index in [0.29, 0.717) is 17.2 Å². The third-order valence-corrected chi connectivity index (χ3v) is 4.37. The number of aliphatic hydroxyl groups excluding tert-OH is 1. The van der Waals surface area contributed by atoms with E-state index in [1.165, 1.54) is 24.4 Å². The second kappa shape index (κ2) is 7.66. The molecule has 3 rings (SSSR count). The molecule has 2 N–H and O–H groups in total. The van der Waals surface area contributed by atoms with Gasteiger partial charge in [-0.1, -0.05) is 29.8 Å². The minimum atomic E-state index is -1.76. The third-order valence-electron chi connectivity index (χ3n) is 4.08. The number of halogens is 2. The Kier molecular flexibility index (Phi) is 5.28. The van der Waals surface area contributed by atoms with Crippen LogP contribution in [0.2, 0.25) is 5.02 Å². The Hall–Kier alpha value is -3.45. The lowest BCUT2D eigenvalue weighted by molar-refractivity contribution is -0.146. The molecule has 0 atom stereocenters. The number of aromatic nitrogens is 1. The lowest BCUT2D eigenvalue weighted by atomic mass is 10.1. The van der Waals surface area contributed by atoms with Gasteiger partial charge in [-0.25, -0.2) is 9.18 Å². The second-order valence-corrected chi connectivity index (χ2v) is 6.37. The molecule has 3 aromatic rings. The van der Waals surface area contributed by atoms with Gasteiger partial charge in [0.25, 0.3) is 5.78 Å². The topological polar surface area (TPSA) is 96.6 Å². The van der Waals surface area contributed by atoms with E-state index >= 15 is 0 Å². The molecular formula is C20H13ClFNO5. The van der Waals surface area contributed by atoms with Crippen LogP contribution in [0.1, 0.15) is 11.1 Å². The molecule has 2 aromatic carbocycles. The summed E-state index contributed by atoms with van der Waals surface area (Å²) in [4.78, 5) is 34.7. The smallest absolute Gasteiger partial charge is 0.376 e. The average Bonchev–Trinajstić information content (AvgIpc) is 2.66. The normalized spacial score (nSPS) is 11.6. The summed E-state index contributed by atoms with van der Waals surface area (Å²) >= 11 is 5.82. The Morgan fingerprint density at radius 1 is 1.14 bits per heavy atom. The maximum absolute atomic E-state index is 13.4. The van der Waals surface area contributed by atoms with Crippen LogP contribution in [-0.2, 0) is 16.1 Å². The van der Waals surface area contributed by atoms with E-state index in [4.69, 9.17) is 16.7 Å². The molecule has 6 nitrogen and oxygen atoms in total. The van der Waals surface area contributed by atoms with Crippen LogP contribution >= 0.6 is 11.6 Å². The summed E-state index contributed by atoms with van der Waals surface area (Å²) in [5, 5.41) is 19.0. The Morgan fingerprint density at radius 2 is 1.86 bits per heavy atom. The Labute approximate surface area is 162 Å². The highest BCUT2D eigenvalue weighted by Crippen LogP contribution is 2.20. The first kappa shape index (κ1) is 19.3. The number of hydrogen-bond acceptors (Lipinski definition) is 4. The van der Waals surface area contributed by atoms with Crippen molar-refractivity contribution in [1.29, 1.82) is 0 Å². The zero-order valence-corrected chi connectivity index (χ0v) is 15.0. The Morgan fingerprint density at radius 3 is 2.54 bits per heavy atom. The summed E-state index contributed by atoms with van der Waals surface area (Å²) < 4.78 is 15.0. The van der Waals surface area contributed by atoms with Crippen molar-refractivity contribution in [2.45, 2.75) is 6.54 Å². The molecule has 142 valence electrons. The van der Waals surface area contributed by atoms with Crippen molar-refractivity contribution in [2.75, 3.05) is 0 Å². The third kappa shape index (κ3) is 3.79. The predicted octanol–water partition coefficient (Wildman–Crippen LogP) is 3.39. The molecule has 0 saturated heterocycles. The van der Waals surface area contributed by atoms with Crippen LogP contribution in [0.25, 0.3) is 16.7 Å². The molecule has 0 radical (unpaired) electrons. The SMILES string of the molecule is O=C(O)C(=O)/C=C(\O)c1cn(Cc2ccc(F)c(Cl)c2)c2ccccc2c1=O. The van der Waals surface area contributed by atoms with Crippen molar-refractivity contribution < 1.29 is 24.2 Å². The molecule has 0 bridgehead atoms. The first-order valence-corrected chi connectivity index (χ1v) is 8.40. The van der Waals surface area contributed by atoms with Crippen LogP contribution in [0.3, 0.4) is 0 Å². The van der Waals surface area contributed by atoms with Gasteiger partial charge in [0.2, 0.25) is 0 Å². The zero-order chi connectivity index (χ0) is 20.4. The van der Waals surface area contributed by atoms with E-state index in [0.717, 1.165) is 0 Å². The molecule has 8 heteroatoms. The van der Waals surface area contributed by atoms with Crippen molar-refractivity contribution in [3.8, 4) is 0 Å². The number of rotatable bonds is 5. The first-order chi connectivity index (χ1) is 13.3. The van der Waals surface area contributed by atoms with E-state index in [1.54, 1.807) is 28.8 Å². The average molecular weight is 402 g/mol. The van der Waals surface area contributed by atoms with Crippen molar-refractivity contribution in [3.63, 3.8) is 0 Å². The van der Waals surface area contributed by atoms with Crippen molar-refractivity contribution in [3.05, 3.63) is 86.9 Å². The number of nitrogens with zero attached hydrogens (tertiary/aromatic N) is 1. The number of carbonyl (C=O) groups excluding carboxylic acids is 1. The van der Waals surface area contributed by atoms with Gasteiger partial charge >= 0.3 is 5.97 Å². The minimum absolute atomic E-state index is 0.0575. The fraction of sp³-hybridized carbons (Fsp3) is 0.0500. The van der Waals surface area contributed by atoms with Crippen molar-refractivity contribution in [1.82, 2.24) is 4.57 Å². The summed E-state index contributed by atoms with van der Waals surface area (Å²) in [6, 6.07) is 10.8. The first-order valence-electron chi connectivity index (χ1n) is 8.02. The number of fused-ring (bicyclic) bond motifs is 1. The van der Waals surface area contributed by atoms with Gasteiger partial charge in [-0.2, -0.15) is 0 Å². The molecule has 0 aliphatic rings. The molecule has 0 saturated carbocycles. The zero-order valence-electron chi connectivity index (χ0n) is 14.2. The van der Waals surface area contributed by atoms with Crippen LogP contribution in [0.4, 0.5) is 4.39 Å². The van der Waals surface area contributed by atoms with Crippen LogP contribution in [0.15, 0.2) is 59.5 Å². The summed E-state index contributed by atoms with van der Waals surface area (Å²) in [5.74, 6) is -4.44. The molecule has 0 unspecified atom stereocenters. The van der Waals surface area contributed by atoms with Crippen LogP contribution in [-0.4, -0.2) is 26.5 Å². The maximum Gasteiger partial charge on any atom is 0.376 e. The molecule has 0 aliphatic carbocycles. The van der Waals surface area contributed by atoms with E-state index in [2.05, 4.69) is 0 Å². The number of carbonyl (C=O) groups is 2. The highest BCUT2D eigenvalue weighted by atomic mass is 35.5. The number of para-hydroxylation sites is 1. The lowest BCUT2D eigenvalue weighted by Crippen LogP contribution is -2.16. The van der Waals surface area contributed by atoms with E-state index in [1.807, 2.05) is 0 Å². The molecule has 0 aliphatic heterocycles. The molecule has 1 heterocycles. The maximum atomic E-state index is 13.4. The monoisotopic (exact) mass is 401 g/mol. The summed E-state index contributed by atoms with van der Waals surface area (Å²) in [6.07, 6.45) is 1.79. The number of carboxylic acid groups (broad SMARTS) is 1. The second-order valence-electron chi connectivity index (χ2n) is 5.96. The lowest BCUT2D eigenvalue weighted by Gasteiger charge is -2.14. The van der Waals surface area contributed by atoms with Crippen molar-refractivity contribution in [2.24, 2.45) is 0 Å². The Balaban J connectivity index is 2.18. The van der Waals surface area contributed by atoms with Gasteiger partial charge in [0, 0.05) is 24.2 Å². The van der Waals surface area contributed by atoms with Gasteiger partial charge in [-0.3, -0.25) is 9.59 Å². The molecule has 0 fully saturated rings. The quantitative estimate of drug-likeness (QED) is 0.388. The number of aliphatic hydroxyl groups is 1. The number of carboxylic acids is 1. The molecular weight excluding hydrogens is 389 g/mol. The van der Waals surface area contributed by atoms with Gasteiger partial charge < -0.3 is 14.8 Å². The largest absolute Gasteiger partial charge is 0.507 e. The Bertz CT molecular complexity index is 1200. The summed E-state index contributed by atoms with van der Waals surface area (Å²) in [7, 11) is 0. The highest BCUT2D eigenvalue weighted by Gasteiger charge is 2.16. The number of pyridine rings is 1. The molecule has 0 amide bonds. The van der Waals surface area contributed by atoms with Gasteiger partial charge in [0.05, 0.1) is 16.1 Å². The molecule has 28 heavy (non-hydrogen) atoms. The van der Waals surface area contributed by atoms with Gasteiger partial charge in [0.1, 0.15) is 11.6 Å². The fourth-order valence-corrected chi connectivity index (χ4v) is 2.96. The summed E-state index contributed by atoms with van der Waals surface area (Å²) in [6.45, 7) is 0.188. The van der Waals surface area contributed by atoms with Crippen molar-refractivity contribution >= 4 is 40.0 Å². The number of hydrogen-bond donors (Lipinski definition) is 2. The predicted molar refractivity (Wildman–Crippen MR) is 102 cm³/mol. The molecule has 1 aromatic heterocycles. The van der Waals surface area contributed by atoms with E-state index < -0.39 is 28.8 Å². The number of aliphatic carboxylic acids is 1. The standard InChI is InChI=1S/C20H13ClFNO5/c21-14-7-11(5-6-15(14)22)9-23-10-13(17(24)8-18(25)20(27)28)19(26)12-3-1-2-4-16(12)23/h1-8,10,24H,9H2,(H,27,28)/b17-8-. The number of benzene rings is 2. The van der Waals surface area contributed by atoms with Crippen LogP contribution in [0, 0.1) is 5.82 Å². The fourth-order valence-electron chi connectivity index (χ4n) is 2.76. The van der Waals surface area contributed by atoms with Gasteiger partial charge in [0.15, 0.2) is 5.43 Å². The summed E-state index contributed by atoms with van der Waals surface area (Å²) in [5.41, 5.74) is 0.378. The molecule has 0 spiro atoms. The number of ketones is 1. The van der Waals surface area contributed by atoms with Gasteiger partial charge in [-0.15, -0.1) is 0 Å². The van der Waals surface area contributed by atoms with E-state index in [9.17, 15) is 23.9 Å².